The van der Waals surface area contributed by atoms with E-state index in [0.29, 0.717) is 0 Å². The fraction of sp³-hybridized carbons (Fsp3) is 0. The van der Waals surface area contributed by atoms with Crippen LogP contribution >= 0.6 is 45.3 Å². The zero-order valence-electron chi connectivity index (χ0n) is 8.91. The molecule has 0 radical (unpaired) electrons. The smallest absolute Gasteiger partial charge is 0.265 e. The van der Waals surface area contributed by atoms with Crippen LogP contribution in [-0.2, 0) is 0 Å². The summed E-state index contributed by atoms with van der Waals surface area (Å²) in [4.78, 5) is 24.4. The van der Waals surface area contributed by atoms with Crippen molar-refractivity contribution >= 4 is 45.3 Å². The number of benzene rings is 1. The van der Waals surface area contributed by atoms with E-state index in [9.17, 15) is 9.59 Å². The maximum atomic E-state index is 11.2. The molecular weight excluding hydrogens is 304 g/mol. The second-order valence-electron chi connectivity index (χ2n) is 3.48. The number of hydrogen-bond acceptors (Lipinski definition) is 6. The van der Waals surface area contributed by atoms with Gasteiger partial charge >= 0.3 is 0 Å². The molecule has 0 saturated carbocycles. The van der Waals surface area contributed by atoms with Crippen molar-refractivity contribution < 1.29 is 0 Å². The summed E-state index contributed by atoms with van der Waals surface area (Å²) in [6.07, 6.45) is 0. The van der Waals surface area contributed by atoms with Gasteiger partial charge in [0.1, 0.15) is 0 Å². The second-order valence-corrected chi connectivity index (χ2v) is 7.72. The molecule has 2 aromatic heterocycles. The second kappa shape index (κ2) is 4.89. The van der Waals surface area contributed by atoms with Gasteiger partial charge in [0, 0.05) is 20.5 Å². The van der Waals surface area contributed by atoms with Crippen molar-refractivity contribution in [2.45, 2.75) is 0 Å². The predicted molar refractivity (Wildman–Crippen MR) is 81.4 cm³/mol. The van der Waals surface area contributed by atoms with E-state index in [4.69, 9.17) is 0 Å². The van der Waals surface area contributed by atoms with Gasteiger partial charge in [-0.25, -0.2) is 0 Å². The highest BCUT2D eigenvalue weighted by atomic mass is 32.2. The fourth-order valence-electron chi connectivity index (χ4n) is 1.56. The molecule has 0 atom stereocenters. The van der Waals surface area contributed by atoms with E-state index >= 15 is 0 Å². The molecule has 2 heterocycles. The number of hydrogen-bond donors (Lipinski definition) is 0. The van der Waals surface area contributed by atoms with Crippen molar-refractivity contribution in [1.82, 2.24) is 0 Å². The molecule has 0 fully saturated rings. The van der Waals surface area contributed by atoms with Crippen molar-refractivity contribution in [3.63, 3.8) is 0 Å². The highest BCUT2D eigenvalue weighted by molar-refractivity contribution is 7.29. The summed E-state index contributed by atoms with van der Waals surface area (Å²) in [5, 5.41) is 3.75. The summed E-state index contributed by atoms with van der Waals surface area (Å²) in [5.41, 5.74) is 2.06. The predicted octanol–water partition coefficient (Wildman–Crippen LogP) is 3.99. The summed E-state index contributed by atoms with van der Waals surface area (Å²) < 4.78 is 0.214. The summed E-state index contributed by atoms with van der Waals surface area (Å²) in [5.74, 6) is 0. The van der Waals surface area contributed by atoms with Gasteiger partial charge in [0.2, 0.25) is 0 Å². The lowest BCUT2D eigenvalue weighted by Gasteiger charge is -2.00. The third-order valence-corrected chi connectivity index (χ3v) is 6.29. The molecule has 18 heavy (non-hydrogen) atoms. The van der Waals surface area contributed by atoms with Crippen LogP contribution in [0.2, 0.25) is 0 Å². The first-order valence-electron chi connectivity index (χ1n) is 5.00. The first-order valence-corrected chi connectivity index (χ1v) is 8.40. The summed E-state index contributed by atoms with van der Waals surface area (Å²) in [6, 6.07) is 7.94. The standard InChI is InChI=1S/C12H6O2S4/c13-11-15-5-9(17-11)7-2-1-3-8(4-7)10-6-16-12(14)18-10/h1-6H. The van der Waals surface area contributed by atoms with Crippen LogP contribution in [0.15, 0.2) is 44.6 Å². The van der Waals surface area contributed by atoms with E-state index in [2.05, 4.69) is 0 Å². The number of rotatable bonds is 2. The minimum absolute atomic E-state index is 0.107. The van der Waals surface area contributed by atoms with Gasteiger partial charge in [-0.15, -0.1) is 0 Å². The molecule has 90 valence electrons. The molecule has 0 aliphatic heterocycles. The van der Waals surface area contributed by atoms with Gasteiger partial charge in [-0.3, -0.25) is 9.59 Å². The molecule has 0 bridgehead atoms. The van der Waals surface area contributed by atoms with Crippen LogP contribution in [0.3, 0.4) is 0 Å². The quantitative estimate of drug-likeness (QED) is 0.717. The van der Waals surface area contributed by atoms with E-state index in [1.807, 2.05) is 35.0 Å². The van der Waals surface area contributed by atoms with Gasteiger partial charge in [-0.1, -0.05) is 63.5 Å². The van der Waals surface area contributed by atoms with Crippen LogP contribution < -0.4 is 8.11 Å². The van der Waals surface area contributed by atoms with Gasteiger partial charge in [0.15, 0.2) is 0 Å². The largest absolute Gasteiger partial charge is 0.287 e. The maximum absolute atomic E-state index is 11.2. The van der Waals surface area contributed by atoms with E-state index in [0.717, 1.165) is 20.9 Å². The Morgan fingerprint density at radius 3 is 1.67 bits per heavy atom. The van der Waals surface area contributed by atoms with Gasteiger partial charge in [0.25, 0.3) is 8.11 Å². The first-order chi connectivity index (χ1) is 8.72. The minimum atomic E-state index is 0.107. The average Bonchev–Trinajstić information content (AvgIpc) is 2.98. The lowest BCUT2D eigenvalue weighted by Crippen LogP contribution is -1.78. The molecule has 2 nitrogen and oxygen atoms in total. The Morgan fingerprint density at radius 1 is 0.778 bits per heavy atom. The molecular formula is C12H6O2S4. The molecule has 6 heteroatoms. The maximum Gasteiger partial charge on any atom is 0.287 e. The van der Waals surface area contributed by atoms with Crippen LogP contribution in [0.4, 0.5) is 0 Å². The lowest BCUT2D eigenvalue weighted by atomic mass is 10.1. The molecule has 3 rings (SSSR count). The fourth-order valence-corrected chi connectivity index (χ4v) is 4.97. The zero-order chi connectivity index (χ0) is 12.5. The third kappa shape index (κ3) is 2.37. The molecule has 0 spiro atoms. The van der Waals surface area contributed by atoms with Gasteiger partial charge in [0.05, 0.1) is 0 Å². The lowest BCUT2D eigenvalue weighted by molar-refractivity contribution is 1.70. The van der Waals surface area contributed by atoms with Gasteiger partial charge in [-0.05, 0) is 17.2 Å². The molecule has 0 amide bonds. The molecule has 0 unspecified atom stereocenters. The van der Waals surface area contributed by atoms with Crippen LogP contribution in [0.5, 0.6) is 0 Å². The van der Waals surface area contributed by atoms with Gasteiger partial charge < -0.3 is 0 Å². The molecule has 0 N–H and O–H groups in total. The van der Waals surface area contributed by atoms with E-state index in [1.165, 1.54) is 45.3 Å². The van der Waals surface area contributed by atoms with Gasteiger partial charge in [-0.2, -0.15) is 0 Å². The zero-order valence-corrected chi connectivity index (χ0v) is 12.2. The Labute approximate surface area is 118 Å². The Balaban J connectivity index is 2.09. The highest BCUT2D eigenvalue weighted by Crippen LogP contribution is 2.30. The highest BCUT2D eigenvalue weighted by Gasteiger charge is 2.06. The summed E-state index contributed by atoms with van der Waals surface area (Å²) in [6.45, 7) is 0. The van der Waals surface area contributed by atoms with Crippen LogP contribution in [0.25, 0.3) is 20.9 Å². The molecule has 0 saturated heterocycles. The summed E-state index contributed by atoms with van der Waals surface area (Å²) in [7, 11) is 0. The van der Waals surface area contributed by atoms with Crippen LogP contribution in [0.1, 0.15) is 0 Å². The third-order valence-electron chi connectivity index (χ3n) is 2.34. The van der Waals surface area contributed by atoms with Crippen molar-refractivity contribution in [3.8, 4) is 20.9 Å². The molecule has 0 aliphatic rings. The Hall–Kier alpha value is -1.08. The molecule has 1 aromatic carbocycles. The molecule has 0 aliphatic carbocycles. The van der Waals surface area contributed by atoms with Crippen LogP contribution in [0, 0.1) is 0 Å². The SMILES string of the molecule is O=c1scc(-c2cccc(-c3csc(=O)s3)c2)s1. The average molecular weight is 310 g/mol. The van der Waals surface area contributed by atoms with Crippen molar-refractivity contribution in [3.05, 3.63) is 52.7 Å². The van der Waals surface area contributed by atoms with Crippen molar-refractivity contribution in [2.75, 3.05) is 0 Å². The first kappa shape index (κ1) is 12.0. The Morgan fingerprint density at radius 2 is 1.28 bits per heavy atom. The van der Waals surface area contributed by atoms with Crippen LogP contribution in [-0.4, -0.2) is 0 Å². The van der Waals surface area contributed by atoms with Crippen molar-refractivity contribution in [2.24, 2.45) is 0 Å². The van der Waals surface area contributed by atoms with Crippen molar-refractivity contribution in [1.29, 1.82) is 0 Å². The monoisotopic (exact) mass is 310 g/mol. The topological polar surface area (TPSA) is 34.1 Å². The summed E-state index contributed by atoms with van der Waals surface area (Å²) >= 11 is 4.96. The normalized spacial score (nSPS) is 10.7. The Bertz CT molecular complexity index is 727. The van der Waals surface area contributed by atoms with E-state index in [1.54, 1.807) is 0 Å². The Kier molecular flexibility index (Phi) is 3.25. The minimum Gasteiger partial charge on any atom is -0.265 e. The van der Waals surface area contributed by atoms with E-state index in [-0.39, 0.29) is 8.11 Å². The van der Waals surface area contributed by atoms with E-state index < -0.39 is 0 Å². The molecule has 3 aromatic rings.